The molecular formula is C11H17N3O4. The summed E-state index contributed by atoms with van der Waals surface area (Å²) in [6, 6.07) is 0.116. The minimum Gasteiger partial charge on any atom is -0.478 e. The highest BCUT2D eigenvalue weighted by molar-refractivity contribution is 5.88. The van der Waals surface area contributed by atoms with Gasteiger partial charge in [-0.25, -0.2) is 4.79 Å². The van der Waals surface area contributed by atoms with Gasteiger partial charge in [-0.15, -0.1) is 0 Å². The maximum Gasteiger partial charge on any atom is 0.341 e. The van der Waals surface area contributed by atoms with Crippen LogP contribution in [0.2, 0.25) is 0 Å². The predicted molar refractivity (Wildman–Crippen MR) is 63.1 cm³/mol. The summed E-state index contributed by atoms with van der Waals surface area (Å²) in [7, 11) is 0. The molecule has 0 bridgehead atoms. The van der Waals surface area contributed by atoms with Crippen molar-refractivity contribution in [2.75, 3.05) is 6.54 Å². The zero-order chi connectivity index (χ0) is 13.5. The van der Waals surface area contributed by atoms with Gasteiger partial charge in [-0.05, 0) is 13.8 Å². The number of nitrogens with zero attached hydrogens (tertiary/aromatic N) is 1. The van der Waals surface area contributed by atoms with Crippen molar-refractivity contribution in [1.29, 1.82) is 0 Å². The van der Waals surface area contributed by atoms with Crippen LogP contribution in [0, 0.1) is 0 Å². The first-order chi connectivity index (χ1) is 8.50. The fraction of sp³-hybridized carbons (Fsp3) is 0.545. The third kappa shape index (κ3) is 4.54. The van der Waals surface area contributed by atoms with Gasteiger partial charge in [0.25, 0.3) is 0 Å². The highest BCUT2D eigenvalue weighted by atomic mass is 16.5. The lowest BCUT2D eigenvalue weighted by atomic mass is 10.2. The van der Waals surface area contributed by atoms with E-state index in [9.17, 15) is 9.59 Å². The smallest absolute Gasteiger partial charge is 0.341 e. The Morgan fingerprint density at radius 2 is 2.22 bits per heavy atom. The van der Waals surface area contributed by atoms with E-state index in [1.54, 1.807) is 0 Å². The van der Waals surface area contributed by atoms with E-state index in [0.717, 1.165) is 6.20 Å². The molecule has 0 aromatic carbocycles. The van der Waals surface area contributed by atoms with E-state index in [1.165, 1.54) is 0 Å². The van der Waals surface area contributed by atoms with Crippen LogP contribution in [0.25, 0.3) is 0 Å². The molecule has 18 heavy (non-hydrogen) atoms. The Morgan fingerprint density at radius 1 is 1.50 bits per heavy atom. The van der Waals surface area contributed by atoms with E-state index in [4.69, 9.17) is 9.63 Å². The molecule has 0 spiro atoms. The summed E-state index contributed by atoms with van der Waals surface area (Å²) in [5.74, 6) is -0.870. The van der Waals surface area contributed by atoms with E-state index in [1.807, 2.05) is 13.8 Å². The maximum atomic E-state index is 11.3. The number of carboxylic acid groups (broad SMARTS) is 1. The SMILES string of the molecule is CC(C)NC(=O)CCNCc1oncc1C(=O)O. The Kier molecular flexibility index (Phi) is 5.31. The van der Waals surface area contributed by atoms with Crippen LogP contribution in [-0.4, -0.2) is 34.7 Å². The van der Waals surface area contributed by atoms with E-state index in [-0.39, 0.29) is 29.8 Å². The van der Waals surface area contributed by atoms with Gasteiger partial charge in [0.15, 0.2) is 5.76 Å². The molecule has 0 radical (unpaired) electrons. The molecule has 0 aliphatic carbocycles. The fourth-order valence-corrected chi connectivity index (χ4v) is 1.36. The van der Waals surface area contributed by atoms with Gasteiger partial charge in [-0.2, -0.15) is 0 Å². The third-order valence-electron chi connectivity index (χ3n) is 2.14. The van der Waals surface area contributed by atoms with Gasteiger partial charge in [0, 0.05) is 19.0 Å². The molecule has 0 saturated carbocycles. The maximum absolute atomic E-state index is 11.3. The molecular weight excluding hydrogens is 238 g/mol. The number of amides is 1. The van der Waals surface area contributed by atoms with Crippen LogP contribution in [0.1, 0.15) is 36.4 Å². The number of hydrogen-bond acceptors (Lipinski definition) is 5. The standard InChI is InChI=1S/C11H17N3O4/c1-7(2)14-10(15)3-4-12-6-9-8(11(16)17)5-13-18-9/h5,7,12H,3-4,6H2,1-2H3,(H,14,15)(H,16,17). The van der Waals surface area contributed by atoms with E-state index in [2.05, 4.69) is 15.8 Å². The minimum atomic E-state index is -1.08. The zero-order valence-electron chi connectivity index (χ0n) is 10.4. The molecule has 1 heterocycles. The van der Waals surface area contributed by atoms with Crippen molar-refractivity contribution in [3.8, 4) is 0 Å². The first-order valence-electron chi connectivity index (χ1n) is 5.67. The highest BCUT2D eigenvalue weighted by Crippen LogP contribution is 2.06. The third-order valence-corrected chi connectivity index (χ3v) is 2.14. The van der Waals surface area contributed by atoms with Gasteiger partial charge in [0.05, 0.1) is 12.7 Å². The van der Waals surface area contributed by atoms with Crippen molar-refractivity contribution in [2.45, 2.75) is 32.9 Å². The van der Waals surface area contributed by atoms with Crippen LogP contribution in [-0.2, 0) is 11.3 Å². The Labute approximate surface area is 105 Å². The summed E-state index contributed by atoms with van der Waals surface area (Å²) < 4.78 is 4.80. The molecule has 7 heteroatoms. The van der Waals surface area contributed by atoms with Crippen LogP contribution in [0.4, 0.5) is 0 Å². The molecule has 1 aromatic rings. The Morgan fingerprint density at radius 3 is 2.83 bits per heavy atom. The van der Waals surface area contributed by atoms with Crippen molar-refractivity contribution >= 4 is 11.9 Å². The van der Waals surface area contributed by atoms with Gasteiger partial charge >= 0.3 is 5.97 Å². The summed E-state index contributed by atoms with van der Waals surface area (Å²) in [5, 5.41) is 17.9. The Balaban J connectivity index is 2.28. The summed E-state index contributed by atoms with van der Waals surface area (Å²) in [6.07, 6.45) is 1.49. The van der Waals surface area contributed by atoms with Crippen molar-refractivity contribution in [2.24, 2.45) is 0 Å². The molecule has 0 unspecified atom stereocenters. The van der Waals surface area contributed by atoms with Crippen molar-refractivity contribution in [1.82, 2.24) is 15.8 Å². The Hall–Kier alpha value is -1.89. The number of rotatable bonds is 7. The molecule has 0 aliphatic heterocycles. The van der Waals surface area contributed by atoms with Crippen molar-refractivity contribution in [3.63, 3.8) is 0 Å². The average molecular weight is 255 g/mol. The van der Waals surface area contributed by atoms with E-state index < -0.39 is 5.97 Å². The summed E-state index contributed by atoms with van der Waals surface area (Å²) >= 11 is 0. The van der Waals surface area contributed by atoms with Crippen LogP contribution in [0.15, 0.2) is 10.7 Å². The molecule has 0 fully saturated rings. The van der Waals surface area contributed by atoms with Crippen molar-refractivity contribution < 1.29 is 19.2 Å². The quantitative estimate of drug-likeness (QED) is 0.608. The summed E-state index contributed by atoms with van der Waals surface area (Å²) in [4.78, 5) is 22.1. The number of aromatic carboxylic acids is 1. The second-order valence-electron chi connectivity index (χ2n) is 4.12. The molecule has 1 amide bonds. The zero-order valence-corrected chi connectivity index (χ0v) is 10.4. The molecule has 0 aliphatic rings. The van der Waals surface area contributed by atoms with Crippen LogP contribution in [0.3, 0.4) is 0 Å². The average Bonchev–Trinajstić information content (AvgIpc) is 2.71. The second-order valence-corrected chi connectivity index (χ2v) is 4.12. The normalized spacial score (nSPS) is 10.6. The monoisotopic (exact) mass is 255 g/mol. The molecule has 1 rings (SSSR count). The summed E-state index contributed by atoms with van der Waals surface area (Å²) in [6.45, 7) is 4.45. The van der Waals surface area contributed by atoms with E-state index >= 15 is 0 Å². The van der Waals surface area contributed by atoms with Crippen molar-refractivity contribution in [3.05, 3.63) is 17.5 Å². The van der Waals surface area contributed by atoms with Crippen LogP contribution in [0.5, 0.6) is 0 Å². The van der Waals surface area contributed by atoms with Gasteiger partial charge in [0.1, 0.15) is 5.56 Å². The number of carboxylic acids is 1. The Bertz CT molecular complexity index is 414. The molecule has 0 atom stereocenters. The molecule has 1 aromatic heterocycles. The summed E-state index contributed by atoms with van der Waals surface area (Å²) in [5.41, 5.74) is 0.0362. The second kappa shape index (κ2) is 6.75. The minimum absolute atomic E-state index is 0.0362. The van der Waals surface area contributed by atoms with Crippen LogP contribution >= 0.6 is 0 Å². The fourth-order valence-electron chi connectivity index (χ4n) is 1.36. The topological polar surface area (TPSA) is 104 Å². The number of carbonyl (C=O) groups excluding carboxylic acids is 1. The lowest BCUT2D eigenvalue weighted by Gasteiger charge is -2.08. The molecule has 7 nitrogen and oxygen atoms in total. The number of aromatic nitrogens is 1. The van der Waals surface area contributed by atoms with Gasteiger partial charge < -0.3 is 20.3 Å². The van der Waals surface area contributed by atoms with Crippen LogP contribution < -0.4 is 10.6 Å². The first kappa shape index (κ1) is 14.2. The first-order valence-corrected chi connectivity index (χ1v) is 5.67. The number of nitrogens with one attached hydrogen (secondary N) is 2. The lowest BCUT2D eigenvalue weighted by Crippen LogP contribution is -2.32. The largest absolute Gasteiger partial charge is 0.478 e. The lowest BCUT2D eigenvalue weighted by molar-refractivity contribution is -0.121. The highest BCUT2D eigenvalue weighted by Gasteiger charge is 2.14. The number of carbonyl (C=O) groups is 2. The molecule has 3 N–H and O–H groups in total. The molecule has 100 valence electrons. The van der Waals surface area contributed by atoms with Gasteiger partial charge in [-0.3, -0.25) is 4.79 Å². The number of hydrogen-bond donors (Lipinski definition) is 3. The van der Waals surface area contributed by atoms with Gasteiger partial charge in [-0.1, -0.05) is 5.16 Å². The van der Waals surface area contributed by atoms with Gasteiger partial charge in [0.2, 0.25) is 5.91 Å². The van der Waals surface area contributed by atoms with E-state index in [0.29, 0.717) is 13.0 Å². The molecule has 0 saturated heterocycles. The predicted octanol–water partition coefficient (Wildman–Crippen LogP) is 0.377.